The maximum absolute atomic E-state index is 11.4. The highest BCUT2D eigenvalue weighted by molar-refractivity contribution is 8.16. The number of ether oxygens (including phenoxy) is 1. The largest absolute Gasteiger partial charge is 0.444 e. The summed E-state index contributed by atoms with van der Waals surface area (Å²) in [4.78, 5) is 22.3. The number of amides is 1. The molecule has 0 aromatic rings. The van der Waals surface area contributed by atoms with Crippen molar-refractivity contribution in [2.75, 3.05) is 6.54 Å². The Hall–Kier alpha value is -0.580. The molecular weight excluding hydrogens is 224 g/mol. The first-order chi connectivity index (χ1) is 7.02. The second-order valence-corrected chi connectivity index (χ2v) is 7.09. The Balaban J connectivity index is 4.05. The van der Waals surface area contributed by atoms with Crippen LogP contribution in [0.5, 0.6) is 0 Å². The van der Waals surface area contributed by atoms with Gasteiger partial charge in [-0.2, -0.15) is 0 Å². The standard InChI is InChI=1S/C9H19B2NO3S/c1-6(13)16-9(10,11)5-12-7(14)15-8(2,3)4/h5,10-11H2,1-4H3,(H,12,14). The minimum atomic E-state index is -0.498. The van der Waals surface area contributed by atoms with Crippen LogP contribution in [0, 0.1) is 0 Å². The molecule has 0 saturated heterocycles. The van der Waals surface area contributed by atoms with Crippen molar-refractivity contribution in [3.05, 3.63) is 0 Å². The van der Waals surface area contributed by atoms with Crippen LogP contribution in [-0.4, -0.2) is 43.6 Å². The third kappa shape index (κ3) is 8.71. The maximum atomic E-state index is 11.4. The highest BCUT2D eigenvalue weighted by atomic mass is 32.2. The summed E-state index contributed by atoms with van der Waals surface area (Å²) in [5, 5.41) is 2.69. The van der Waals surface area contributed by atoms with Crippen molar-refractivity contribution in [2.24, 2.45) is 0 Å². The monoisotopic (exact) mass is 243 g/mol. The topological polar surface area (TPSA) is 55.4 Å². The summed E-state index contributed by atoms with van der Waals surface area (Å²) in [6.45, 7) is 7.33. The van der Waals surface area contributed by atoms with E-state index >= 15 is 0 Å². The number of nitrogens with one attached hydrogen (secondary N) is 1. The van der Waals surface area contributed by atoms with E-state index in [1.54, 1.807) is 0 Å². The van der Waals surface area contributed by atoms with Gasteiger partial charge in [-0.25, -0.2) is 4.79 Å². The molecule has 0 aromatic carbocycles. The Labute approximate surface area is 103 Å². The van der Waals surface area contributed by atoms with Gasteiger partial charge in [-0.3, -0.25) is 4.79 Å². The zero-order valence-corrected chi connectivity index (χ0v) is 11.7. The van der Waals surface area contributed by atoms with E-state index in [0.717, 1.165) is 0 Å². The fourth-order valence-electron chi connectivity index (χ4n) is 1.02. The summed E-state index contributed by atoms with van der Waals surface area (Å²) < 4.78 is 4.78. The van der Waals surface area contributed by atoms with Crippen LogP contribution in [0.3, 0.4) is 0 Å². The van der Waals surface area contributed by atoms with Crippen LogP contribution in [0.1, 0.15) is 27.7 Å². The van der Waals surface area contributed by atoms with Crippen LogP contribution in [0.2, 0.25) is 0 Å². The van der Waals surface area contributed by atoms with E-state index < -0.39 is 11.7 Å². The van der Waals surface area contributed by atoms with E-state index in [1.807, 2.05) is 36.5 Å². The summed E-state index contributed by atoms with van der Waals surface area (Å²) in [5.41, 5.74) is -0.498. The molecule has 4 nitrogen and oxygen atoms in total. The van der Waals surface area contributed by atoms with E-state index in [1.165, 1.54) is 18.7 Å². The Morgan fingerprint density at radius 1 is 1.31 bits per heavy atom. The van der Waals surface area contributed by atoms with Crippen molar-refractivity contribution >= 4 is 38.7 Å². The molecule has 1 N–H and O–H groups in total. The molecule has 0 spiro atoms. The summed E-state index contributed by atoms with van der Waals surface area (Å²) in [6, 6.07) is 0. The molecule has 0 unspecified atom stereocenters. The van der Waals surface area contributed by atoms with Gasteiger partial charge in [-0.15, -0.1) is 0 Å². The molecule has 0 radical (unpaired) electrons. The number of carbonyl (C=O) groups is 2. The van der Waals surface area contributed by atoms with Gasteiger partial charge >= 0.3 is 6.09 Å². The molecule has 0 aliphatic carbocycles. The molecule has 90 valence electrons. The molecule has 0 aromatic heterocycles. The molecule has 0 bridgehead atoms. The highest BCUT2D eigenvalue weighted by Crippen LogP contribution is 2.17. The summed E-state index contributed by atoms with van der Waals surface area (Å²) in [5.74, 6) is 0. The fraction of sp³-hybridized carbons (Fsp3) is 0.778. The van der Waals surface area contributed by atoms with Crippen molar-refractivity contribution in [3.8, 4) is 0 Å². The third-order valence-corrected chi connectivity index (χ3v) is 2.46. The summed E-state index contributed by atoms with van der Waals surface area (Å²) >= 11 is 1.21. The van der Waals surface area contributed by atoms with Gasteiger partial charge in [0.15, 0.2) is 5.12 Å². The number of thioether (sulfide) groups is 1. The second-order valence-electron chi connectivity index (χ2n) is 5.21. The van der Waals surface area contributed by atoms with Crippen molar-refractivity contribution in [1.82, 2.24) is 5.32 Å². The Morgan fingerprint density at radius 3 is 2.19 bits per heavy atom. The molecule has 0 aliphatic rings. The van der Waals surface area contributed by atoms with Gasteiger partial charge in [-0.1, -0.05) is 11.8 Å². The second kappa shape index (κ2) is 5.66. The van der Waals surface area contributed by atoms with Gasteiger partial charge in [0.2, 0.25) is 0 Å². The SMILES string of the molecule is BC(B)(CNC(=O)OC(C)(C)C)SC(C)=O. The molecule has 0 atom stereocenters. The zero-order valence-electron chi connectivity index (χ0n) is 10.8. The lowest BCUT2D eigenvalue weighted by molar-refractivity contribution is -0.109. The number of rotatable bonds is 3. The zero-order chi connectivity index (χ0) is 13.0. The van der Waals surface area contributed by atoms with Gasteiger partial charge in [0.1, 0.15) is 21.3 Å². The quantitative estimate of drug-likeness (QED) is 0.692. The fourth-order valence-corrected chi connectivity index (χ4v) is 1.95. The average Bonchev–Trinajstić information content (AvgIpc) is 1.95. The molecular formula is C9H19B2NO3S. The lowest BCUT2D eigenvalue weighted by atomic mass is 9.69. The maximum Gasteiger partial charge on any atom is 0.407 e. The first-order valence-electron chi connectivity index (χ1n) is 5.18. The molecule has 0 aliphatic heterocycles. The van der Waals surface area contributed by atoms with Crippen molar-refractivity contribution in [3.63, 3.8) is 0 Å². The van der Waals surface area contributed by atoms with Crippen LogP contribution in [0.25, 0.3) is 0 Å². The normalized spacial score (nSPS) is 12.0. The Kier molecular flexibility index (Phi) is 5.45. The third-order valence-electron chi connectivity index (χ3n) is 1.48. The summed E-state index contributed by atoms with van der Waals surface area (Å²) in [6.07, 6.45) is -0.454. The lowest BCUT2D eigenvalue weighted by Crippen LogP contribution is -2.43. The molecule has 0 saturated carbocycles. The van der Waals surface area contributed by atoms with Crippen LogP contribution in [0.4, 0.5) is 4.79 Å². The van der Waals surface area contributed by atoms with E-state index in [0.29, 0.717) is 6.54 Å². The minimum Gasteiger partial charge on any atom is -0.444 e. The average molecular weight is 243 g/mol. The number of hydrogen-bond acceptors (Lipinski definition) is 4. The van der Waals surface area contributed by atoms with Crippen molar-refractivity contribution in [2.45, 2.75) is 37.8 Å². The van der Waals surface area contributed by atoms with Gasteiger partial charge in [0.05, 0.1) is 0 Å². The minimum absolute atomic E-state index is 0.0380. The Bertz CT molecular complexity index is 276. The molecule has 1 amide bonds. The predicted molar refractivity (Wildman–Crippen MR) is 72.3 cm³/mol. The number of carbonyl (C=O) groups excluding carboxylic acids is 2. The van der Waals surface area contributed by atoms with Crippen molar-refractivity contribution < 1.29 is 14.3 Å². The lowest BCUT2D eigenvalue weighted by Gasteiger charge is -2.25. The van der Waals surface area contributed by atoms with E-state index in [4.69, 9.17) is 4.74 Å². The van der Waals surface area contributed by atoms with Crippen molar-refractivity contribution in [1.29, 1.82) is 0 Å². The summed E-state index contributed by atoms with van der Waals surface area (Å²) in [7, 11) is 3.80. The smallest absolute Gasteiger partial charge is 0.407 e. The van der Waals surface area contributed by atoms with Gasteiger partial charge in [0.25, 0.3) is 0 Å². The van der Waals surface area contributed by atoms with Gasteiger partial charge < -0.3 is 10.1 Å². The number of alkyl carbamates (subject to hydrolysis) is 1. The molecule has 0 rings (SSSR count). The predicted octanol–water partition coefficient (Wildman–Crippen LogP) is -0.289. The van der Waals surface area contributed by atoms with Crippen LogP contribution in [-0.2, 0) is 9.53 Å². The van der Waals surface area contributed by atoms with E-state index in [2.05, 4.69) is 5.32 Å². The molecule has 0 heterocycles. The molecule has 16 heavy (non-hydrogen) atoms. The van der Waals surface area contributed by atoms with Gasteiger partial charge in [-0.05, 0) is 25.3 Å². The first-order valence-corrected chi connectivity index (χ1v) is 6.00. The van der Waals surface area contributed by atoms with Gasteiger partial charge in [0, 0.05) is 13.5 Å². The number of hydrogen-bond donors (Lipinski definition) is 1. The Morgan fingerprint density at radius 2 is 1.81 bits per heavy atom. The van der Waals surface area contributed by atoms with E-state index in [9.17, 15) is 9.59 Å². The van der Waals surface area contributed by atoms with E-state index in [-0.39, 0.29) is 9.66 Å². The highest BCUT2D eigenvalue weighted by Gasteiger charge is 2.23. The first kappa shape index (κ1) is 15.4. The van der Waals surface area contributed by atoms with Crippen LogP contribution >= 0.6 is 11.8 Å². The van der Waals surface area contributed by atoms with Crippen LogP contribution in [0.15, 0.2) is 0 Å². The van der Waals surface area contributed by atoms with Crippen LogP contribution < -0.4 is 5.32 Å². The molecule has 0 fully saturated rings. The molecule has 7 heteroatoms.